The summed E-state index contributed by atoms with van der Waals surface area (Å²) in [6, 6.07) is 19.4. The second-order valence-electron chi connectivity index (χ2n) is 8.50. The van der Waals surface area contributed by atoms with Crippen LogP contribution in [0.4, 0.5) is 0 Å². The molecule has 0 fully saturated rings. The number of hydrogen-bond donors (Lipinski definition) is 0. The quantitative estimate of drug-likeness (QED) is 0.418. The van der Waals surface area contributed by atoms with Gasteiger partial charge < -0.3 is 14.5 Å². The molecule has 0 saturated carbocycles. The first-order valence-corrected chi connectivity index (χ1v) is 12.4. The van der Waals surface area contributed by atoms with Crippen molar-refractivity contribution < 1.29 is 14.3 Å². The highest BCUT2D eigenvalue weighted by atomic mass is 32.1. The van der Waals surface area contributed by atoms with E-state index in [4.69, 9.17) is 4.74 Å². The zero-order valence-electron chi connectivity index (χ0n) is 19.5. The van der Waals surface area contributed by atoms with Crippen molar-refractivity contribution in [2.75, 3.05) is 26.2 Å². The third-order valence-electron chi connectivity index (χ3n) is 6.07. The average Bonchev–Trinajstić information content (AvgIpc) is 3.33. The first kappa shape index (κ1) is 23.8. The third-order valence-corrected chi connectivity index (χ3v) is 7.07. The van der Waals surface area contributed by atoms with E-state index in [9.17, 15) is 9.59 Å². The van der Waals surface area contributed by atoms with Crippen molar-refractivity contribution in [1.29, 1.82) is 0 Å². The summed E-state index contributed by atoms with van der Waals surface area (Å²) in [6.07, 6.45) is 2.75. The maximum Gasteiger partial charge on any atom is 0.242 e. The minimum Gasteiger partial charge on any atom is -0.491 e. The first-order valence-electron chi connectivity index (χ1n) is 11.5. The fourth-order valence-electron chi connectivity index (χ4n) is 4.23. The predicted octanol–water partition coefficient (Wildman–Crippen LogP) is 4.82. The van der Waals surface area contributed by atoms with Gasteiger partial charge in [-0.2, -0.15) is 0 Å². The molecule has 2 heterocycles. The summed E-state index contributed by atoms with van der Waals surface area (Å²) >= 11 is 1.72. The van der Waals surface area contributed by atoms with Gasteiger partial charge in [-0.3, -0.25) is 9.59 Å². The van der Waals surface area contributed by atoms with E-state index in [0.29, 0.717) is 19.7 Å². The second-order valence-corrected chi connectivity index (χ2v) is 9.50. The molecule has 1 aliphatic heterocycles. The number of rotatable bonds is 9. The van der Waals surface area contributed by atoms with Gasteiger partial charge in [0.1, 0.15) is 18.9 Å². The molecule has 6 heteroatoms. The lowest BCUT2D eigenvalue weighted by Gasteiger charge is -2.37. The molecular formula is C28H30N2O3S. The number of hydrogen-bond acceptors (Lipinski definition) is 4. The van der Waals surface area contributed by atoms with E-state index < -0.39 is 0 Å². The lowest BCUT2D eigenvalue weighted by molar-refractivity contribution is -0.142. The van der Waals surface area contributed by atoms with Crippen LogP contribution in [0.1, 0.15) is 27.6 Å². The Kier molecular flexibility index (Phi) is 7.80. The molecule has 0 spiro atoms. The van der Waals surface area contributed by atoms with Gasteiger partial charge in [-0.25, -0.2) is 0 Å². The molecule has 2 aromatic carbocycles. The van der Waals surface area contributed by atoms with Crippen LogP contribution in [-0.2, 0) is 22.4 Å². The summed E-state index contributed by atoms with van der Waals surface area (Å²) in [5.74, 6) is 0.629. The van der Waals surface area contributed by atoms with E-state index >= 15 is 0 Å². The van der Waals surface area contributed by atoms with Crippen molar-refractivity contribution in [2.45, 2.75) is 25.8 Å². The molecule has 34 heavy (non-hydrogen) atoms. The first-order chi connectivity index (χ1) is 16.5. The van der Waals surface area contributed by atoms with Crippen LogP contribution in [0, 0.1) is 6.92 Å². The Morgan fingerprint density at radius 1 is 1.15 bits per heavy atom. The zero-order valence-corrected chi connectivity index (χ0v) is 20.3. The van der Waals surface area contributed by atoms with Gasteiger partial charge >= 0.3 is 0 Å². The normalized spacial score (nSPS) is 14.9. The lowest BCUT2D eigenvalue weighted by atomic mass is 10.0. The van der Waals surface area contributed by atoms with Crippen LogP contribution in [0.3, 0.4) is 0 Å². The average molecular weight is 475 g/mol. The largest absolute Gasteiger partial charge is 0.491 e. The van der Waals surface area contributed by atoms with Crippen LogP contribution >= 0.6 is 11.3 Å². The van der Waals surface area contributed by atoms with Crippen molar-refractivity contribution >= 4 is 23.2 Å². The summed E-state index contributed by atoms with van der Waals surface area (Å²) < 4.78 is 6.10. The van der Waals surface area contributed by atoms with Crippen LogP contribution in [-0.4, -0.2) is 47.9 Å². The van der Waals surface area contributed by atoms with Crippen molar-refractivity contribution in [3.8, 4) is 5.75 Å². The lowest BCUT2D eigenvalue weighted by Crippen LogP contribution is -2.48. The number of ether oxygens (including phenoxy) is 1. The third kappa shape index (κ3) is 5.75. The molecule has 1 atom stereocenters. The van der Waals surface area contributed by atoms with Crippen LogP contribution in [0.25, 0.3) is 0 Å². The number of fused-ring (bicyclic) bond motifs is 1. The highest BCUT2D eigenvalue weighted by Crippen LogP contribution is 2.34. The van der Waals surface area contributed by atoms with Gasteiger partial charge in [-0.05, 0) is 48.1 Å². The Hall–Kier alpha value is -3.38. The molecule has 5 nitrogen and oxygen atoms in total. The number of amides is 2. The molecule has 1 unspecified atom stereocenters. The molecule has 0 aliphatic carbocycles. The summed E-state index contributed by atoms with van der Waals surface area (Å²) in [7, 11) is 0. The minimum atomic E-state index is -0.182. The molecular weight excluding hydrogens is 444 g/mol. The monoisotopic (exact) mass is 474 g/mol. The van der Waals surface area contributed by atoms with Gasteiger partial charge in [0.15, 0.2) is 0 Å². The molecule has 0 N–H and O–H groups in total. The number of carbonyl (C=O) groups excluding carboxylic acids is 2. The van der Waals surface area contributed by atoms with Crippen LogP contribution in [0.15, 0.2) is 78.7 Å². The van der Waals surface area contributed by atoms with E-state index in [-0.39, 0.29) is 30.8 Å². The highest BCUT2D eigenvalue weighted by Gasteiger charge is 2.33. The van der Waals surface area contributed by atoms with Crippen molar-refractivity contribution in [3.63, 3.8) is 0 Å². The molecule has 1 aliphatic rings. The van der Waals surface area contributed by atoms with Gasteiger partial charge in [-0.1, -0.05) is 54.1 Å². The Morgan fingerprint density at radius 2 is 1.91 bits per heavy atom. The van der Waals surface area contributed by atoms with Crippen LogP contribution in [0.5, 0.6) is 5.75 Å². The predicted molar refractivity (Wildman–Crippen MR) is 136 cm³/mol. The summed E-state index contributed by atoms with van der Waals surface area (Å²) in [5.41, 5.74) is 3.24. The molecule has 176 valence electrons. The summed E-state index contributed by atoms with van der Waals surface area (Å²) in [5, 5.41) is 2.07. The standard InChI is InChI=1S/C28H30N2O3S/c1-3-15-29(27(31)18-22-7-5-4-6-8-22)19-28(32)30-16-13-26-24(14-17-34-26)25(30)20-33-23-11-9-21(2)10-12-23/h3-12,14,17,25H,1,13,15-16,18-20H2,2H3. The molecule has 1 aromatic heterocycles. The van der Waals surface area contributed by atoms with Crippen LogP contribution in [0.2, 0.25) is 0 Å². The number of carbonyl (C=O) groups is 2. The van der Waals surface area contributed by atoms with Gasteiger partial charge in [0.25, 0.3) is 0 Å². The summed E-state index contributed by atoms with van der Waals surface area (Å²) in [6.45, 7) is 7.16. The summed E-state index contributed by atoms with van der Waals surface area (Å²) in [4.78, 5) is 31.2. The smallest absolute Gasteiger partial charge is 0.242 e. The van der Waals surface area contributed by atoms with Crippen molar-refractivity contribution in [3.05, 3.63) is 100 Å². The maximum absolute atomic E-state index is 13.5. The number of aryl methyl sites for hydroxylation is 1. The van der Waals surface area contributed by atoms with Crippen LogP contribution < -0.4 is 4.74 Å². The Labute approximate surface area is 205 Å². The Bertz CT molecular complexity index is 1120. The molecule has 0 bridgehead atoms. The number of thiophene rings is 1. The minimum absolute atomic E-state index is 0.0260. The van der Waals surface area contributed by atoms with E-state index in [1.165, 1.54) is 10.4 Å². The van der Waals surface area contributed by atoms with E-state index in [0.717, 1.165) is 23.3 Å². The highest BCUT2D eigenvalue weighted by molar-refractivity contribution is 7.10. The Morgan fingerprint density at radius 3 is 2.65 bits per heavy atom. The molecule has 2 amide bonds. The van der Waals surface area contributed by atoms with Gasteiger partial charge in [0.05, 0.1) is 12.5 Å². The maximum atomic E-state index is 13.5. The molecule has 0 radical (unpaired) electrons. The molecule has 3 aromatic rings. The fraction of sp³-hybridized carbons (Fsp3) is 0.286. The molecule has 0 saturated heterocycles. The number of benzene rings is 2. The topological polar surface area (TPSA) is 49.9 Å². The van der Waals surface area contributed by atoms with E-state index in [1.807, 2.05) is 66.4 Å². The van der Waals surface area contributed by atoms with Crippen molar-refractivity contribution in [2.24, 2.45) is 0 Å². The second kappa shape index (κ2) is 11.2. The van der Waals surface area contributed by atoms with E-state index in [2.05, 4.69) is 18.0 Å². The van der Waals surface area contributed by atoms with Gasteiger partial charge in [0.2, 0.25) is 11.8 Å². The molecule has 4 rings (SSSR count). The van der Waals surface area contributed by atoms with Crippen molar-refractivity contribution in [1.82, 2.24) is 9.80 Å². The number of nitrogens with zero attached hydrogens (tertiary/aromatic N) is 2. The zero-order chi connectivity index (χ0) is 23.9. The fourth-order valence-corrected chi connectivity index (χ4v) is 5.16. The Balaban J connectivity index is 1.47. The SMILES string of the molecule is C=CCN(CC(=O)N1CCc2sccc2C1COc1ccc(C)cc1)C(=O)Cc1ccccc1. The van der Waals surface area contributed by atoms with Gasteiger partial charge in [-0.15, -0.1) is 17.9 Å². The van der Waals surface area contributed by atoms with E-state index in [1.54, 1.807) is 22.3 Å². The van der Waals surface area contributed by atoms with Gasteiger partial charge in [0, 0.05) is 18.0 Å².